The first kappa shape index (κ1) is 14.0. The van der Waals surface area contributed by atoms with E-state index in [1.807, 2.05) is 43.3 Å². The van der Waals surface area contributed by atoms with Crippen LogP contribution in [0, 0.1) is 6.92 Å². The fourth-order valence-corrected chi connectivity index (χ4v) is 2.43. The van der Waals surface area contributed by atoms with Crippen molar-refractivity contribution in [1.82, 2.24) is 4.98 Å². The second-order valence-corrected chi connectivity index (χ2v) is 5.39. The maximum atomic E-state index is 6.24. The van der Waals surface area contributed by atoms with E-state index in [4.69, 9.17) is 10.5 Å². The number of pyridine rings is 1. The molecular formula is C15H17BrN2O. The molecule has 0 saturated carbocycles. The Bertz CT molecular complexity index is 572. The van der Waals surface area contributed by atoms with Crippen LogP contribution in [0.15, 0.2) is 40.9 Å². The molecule has 2 N–H and O–H groups in total. The zero-order valence-corrected chi connectivity index (χ0v) is 12.6. The van der Waals surface area contributed by atoms with Crippen molar-refractivity contribution >= 4 is 15.9 Å². The van der Waals surface area contributed by atoms with Gasteiger partial charge in [-0.25, -0.2) is 0 Å². The molecule has 1 atom stereocenters. The second-order valence-electron chi connectivity index (χ2n) is 4.47. The van der Waals surface area contributed by atoms with Gasteiger partial charge in [0.05, 0.1) is 18.8 Å². The summed E-state index contributed by atoms with van der Waals surface area (Å²) in [4.78, 5) is 4.47. The topological polar surface area (TPSA) is 48.1 Å². The maximum Gasteiger partial charge on any atom is 0.122 e. The molecule has 0 amide bonds. The smallest absolute Gasteiger partial charge is 0.122 e. The lowest BCUT2D eigenvalue weighted by Gasteiger charge is -2.14. The lowest BCUT2D eigenvalue weighted by Crippen LogP contribution is -2.15. The number of ether oxygens (including phenoxy) is 1. The molecule has 0 aliphatic rings. The molecule has 2 aromatic rings. The molecule has 0 spiro atoms. The predicted molar refractivity (Wildman–Crippen MR) is 80.3 cm³/mol. The van der Waals surface area contributed by atoms with Gasteiger partial charge in [0.15, 0.2) is 0 Å². The standard InChI is InChI=1S/C15H17BrN2O/c1-10-4-3-5-14(18-10)13(17)9-11-8-12(16)6-7-15(11)19-2/h3-8,13H,9,17H2,1-2H3. The van der Waals surface area contributed by atoms with Crippen LogP contribution in [0.2, 0.25) is 0 Å². The summed E-state index contributed by atoms with van der Waals surface area (Å²) in [6.07, 6.45) is 0.694. The fraction of sp³-hybridized carbons (Fsp3) is 0.267. The van der Waals surface area contributed by atoms with Crippen LogP contribution < -0.4 is 10.5 Å². The van der Waals surface area contributed by atoms with Gasteiger partial charge in [-0.15, -0.1) is 0 Å². The first-order valence-electron chi connectivity index (χ1n) is 6.11. The predicted octanol–water partition coefficient (Wildman–Crippen LogP) is 3.40. The van der Waals surface area contributed by atoms with E-state index >= 15 is 0 Å². The SMILES string of the molecule is COc1ccc(Br)cc1CC(N)c1cccc(C)n1. The van der Waals surface area contributed by atoms with E-state index < -0.39 is 0 Å². The summed E-state index contributed by atoms with van der Waals surface area (Å²) in [5.41, 5.74) is 9.20. The van der Waals surface area contributed by atoms with Gasteiger partial charge < -0.3 is 10.5 Å². The molecule has 2 rings (SSSR count). The summed E-state index contributed by atoms with van der Waals surface area (Å²) in [5.74, 6) is 0.853. The number of aryl methyl sites for hydroxylation is 1. The highest BCUT2D eigenvalue weighted by atomic mass is 79.9. The molecule has 0 fully saturated rings. The van der Waals surface area contributed by atoms with Crippen LogP contribution in [0.25, 0.3) is 0 Å². The van der Waals surface area contributed by atoms with Gasteiger partial charge in [0.1, 0.15) is 5.75 Å². The van der Waals surface area contributed by atoms with Crippen LogP contribution in [0.5, 0.6) is 5.75 Å². The van der Waals surface area contributed by atoms with Crippen molar-refractivity contribution in [3.63, 3.8) is 0 Å². The van der Waals surface area contributed by atoms with Crippen molar-refractivity contribution < 1.29 is 4.74 Å². The molecule has 1 unspecified atom stereocenters. The summed E-state index contributed by atoms with van der Waals surface area (Å²) in [6, 6.07) is 11.7. The van der Waals surface area contributed by atoms with Crippen LogP contribution >= 0.6 is 15.9 Å². The molecule has 0 aliphatic heterocycles. The van der Waals surface area contributed by atoms with Gasteiger partial charge in [-0.2, -0.15) is 0 Å². The molecule has 19 heavy (non-hydrogen) atoms. The van der Waals surface area contributed by atoms with Crippen molar-refractivity contribution in [2.75, 3.05) is 7.11 Å². The highest BCUT2D eigenvalue weighted by Crippen LogP contribution is 2.26. The van der Waals surface area contributed by atoms with Crippen molar-refractivity contribution in [3.05, 3.63) is 57.8 Å². The van der Waals surface area contributed by atoms with Crippen molar-refractivity contribution in [2.24, 2.45) is 5.73 Å². The molecule has 0 radical (unpaired) electrons. The summed E-state index contributed by atoms with van der Waals surface area (Å²) < 4.78 is 6.39. The third kappa shape index (κ3) is 3.55. The summed E-state index contributed by atoms with van der Waals surface area (Å²) >= 11 is 3.47. The molecule has 1 heterocycles. The molecule has 3 nitrogen and oxygen atoms in total. The normalized spacial score (nSPS) is 12.2. The Hall–Kier alpha value is -1.39. The lowest BCUT2D eigenvalue weighted by atomic mass is 10.0. The Kier molecular flexibility index (Phi) is 4.56. The van der Waals surface area contributed by atoms with E-state index in [1.165, 1.54) is 0 Å². The molecule has 1 aromatic carbocycles. The molecule has 4 heteroatoms. The van der Waals surface area contributed by atoms with Crippen LogP contribution in [-0.2, 0) is 6.42 Å². The number of hydrogen-bond donors (Lipinski definition) is 1. The molecular weight excluding hydrogens is 304 g/mol. The number of aromatic nitrogens is 1. The van der Waals surface area contributed by atoms with E-state index in [0.29, 0.717) is 6.42 Å². The monoisotopic (exact) mass is 320 g/mol. The van der Waals surface area contributed by atoms with E-state index in [9.17, 15) is 0 Å². The average molecular weight is 321 g/mol. The maximum absolute atomic E-state index is 6.24. The largest absolute Gasteiger partial charge is 0.496 e. The Morgan fingerprint density at radius 1 is 1.32 bits per heavy atom. The van der Waals surface area contributed by atoms with E-state index in [0.717, 1.165) is 27.2 Å². The van der Waals surface area contributed by atoms with Crippen LogP contribution in [0.3, 0.4) is 0 Å². The van der Waals surface area contributed by atoms with E-state index in [2.05, 4.69) is 20.9 Å². The van der Waals surface area contributed by atoms with Crippen molar-refractivity contribution in [1.29, 1.82) is 0 Å². The number of halogens is 1. The van der Waals surface area contributed by atoms with Gasteiger partial charge in [0.25, 0.3) is 0 Å². The number of methoxy groups -OCH3 is 1. The summed E-state index contributed by atoms with van der Waals surface area (Å²) in [7, 11) is 1.67. The lowest BCUT2D eigenvalue weighted by molar-refractivity contribution is 0.408. The van der Waals surface area contributed by atoms with Crippen molar-refractivity contribution in [2.45, 2.75) is 19.4 Å². The Morgan fingerprint density at radius 2 is 2.11 bits per heavy atom. The molecule has 0 aliphatic carbocycles. The number of benzene rings is 1. The Balaban J connectivity index is 2.23. The van der Waals surface area contributed by atoms with Gasteiger partial charge >= 0.3 is 0 Å². The van der Waals surface area contributed by atoms with Crippen LogP contribution in [-0.4, -0.2) is 12.1 Å². The highest BCUT2D eigenvalue weighted by Gasteiger charge is 2.12. The van der Waals surface area contributed by atoms with Gasteiger partial charge in [-0.3, -0.25) is 4.98 Å². The molecule has 0 saturated heterocycles. The zero-order valence-electron chi connectivity index (χ0n) is 11.1. The van der Waals surface area contributed by atoms with E-state index in [1.54, 1.807) is 7.11 Å². The number of nitrogens with two attached hydrogens (primary N) is 1. The molecule has 1 aromatic heterocycles. The first-order chi connectivity index (χ1) is 9.10. The zero-order chi connectivity index (χ0) is 13.8. The minimum atomic E-state index is -0.136. The minimum absolute atomic E-state index is 0.136. The van der Waals surface area contributed by atoms with Gasteiger partial charge in [-0.1, -0.05) is 22.0 Å². The van der Waals surface area contributed by atoms with Crippen LogP contribution in [0.1, 0.15) is 23.0 Å². The first-order valence-corrected chi connectivity index (χ1v) is 6.91. The Morgan fingerprint density at radius 3 is 2.79 bits per heavy atom. The average Bonchev–Trinajstić information content (AvgIpc) is 2.39. The third-order valence-electron chi connectivity index (χ3n) is 2.97. The van der Waals surface area contributed by atoms with Crippen LogP contribution in [0.4, 0.5) is 0 Å². The highest BCUT2D eigenvalue weighted by molar-refractivity contribution is 9.10. The quantitative estimate of drug-likeness (QED) is 0.939. The minimum Gasteiger partial charge on any atom is -0.496 e. The molecule has 0 bridgehead atoms. The summed E-state index contributed by atoms with van der Waals surface area (Å²) in [5, 5.41) is 0. The molecule has 100 valence electrons. The van der Waals surface area contributed by atoms with Crippen molar-refractivity contribution in [3.8, 4) is 5.75 Å². The van der Waals surface area contributed by atoms with Gasteiger partial charge in [-0.05, 0) is 49.2 Å². The van der Waals surface area contributed by atoms with Gasteiger partial charge in [0.2, 0.25) is 0 Å². The van der Waals surface area contributed by atoms with E-state index in [-0.39, 0.29) is 6.04 Å². The third-order valence-corrected chi connectivity index (χ3v) is 3.47. The Labute approximate surface area is 121 Å². The number of rotatable bonds is 4. The number of nitrogens with zero attached hydrogens (tertiary/aromatic N) is 1. The van der Waals surface area contributed by atoms with Gasteiger partial charge in [0, 0.05) is 10.2 Å². The number of hydrogen-bond acceptors (Lipinski definition) is 3. The fourth-order valence-electron chi connectivity index (χ4n) is 2.02. The summed E-state index contributed by atoms with van der Waals surface area (Å²) in [6.45, 7) is 1.97. The second kappa shape index (κ2) is 6.17.